The van der Waals surface area contributed by atoms with Gasteiger partial charge in [-0.15, -0.1) is 0 Å². The molecule has 1 aromatic carbocycles. The number of hydrogen-bond acceptors (Lipinski definition) is 9. The number of amides is 1. The molecule has 208 valence electrons. The van der Waals surface area contributed by atoms with Crippen LogP contribution in [0.15, 0.2) is 43.0 Å². The van der Waals surface area contributed by atoms with Crippen LogP contribution in [0.2, 0.25) is 10.0 Å². The van der Waals surface area contributed by atoms with E-state index in [4.69, 9.17) is 37.4 Å². The molecule has 2 aliphatic heterocycles. The molecule has 1 N–H and O–H groups in total. The molecule has 1 saturated heterocycles. The third-order valence-corrected chi connectivity index (χ3v) is 6.94. The van der Waals surface area contributed by atoms with E-state index in [0.717, 1.165) is 25.8 Å². The first-order chi connectivity index (χ1) is 19.0. The van der Waals surface area contributed by atoms with Gasteiger partial charge in [-0.05, 0) is 43.5 Å². The molecule has 1 fully saturated rings. The molecule has 4 heterocycles. The summed E-state index contributed by atoms with van der Waals surface area (Å²) in [4.78, 5) is 29.6. The Balaban J connectivity index is 0.00000172. The largest absolute Gasteiger partial charge is 0.497 e. The lowest BCUT2D eigenvalue weighted by molar-refractivity contribution is 0.138. The van der Waals surface area contributed by atoms with Crippen molar-refractivity contribution in [2.75, 3.05) is 43.6 Å². The first-order valence-corrected chi connectivity index (χ1v) is 13.7. The summed E-state index contributed by atoms with van der Waals surface area (Å²) in [6.07, 6.45) is 6.52. The number of fused-ring (bicyclic) bond motifs is 1. The lowest BCUT2D eigenvalue weighted by atomic mass is 10.0. The van der Waals surface area contributed by atoms with Crippen LogP contribution in [0.1, 0.15) is 33.1 Å². The van der Waals surface area contributed by atoms with Gasteiger partial charge in [-0.3, -0.25) is 4.98 Å². The zero-order chi connectivity index (χ0) is 27.8. The molecule has 1 amide bonds. The van der Waals surface area contributed by atoms with Gasteiger partial charge in [0.05, 0.1) is 29.4 Å². The Morgan fingerprint density at radius 3 is 2.36 bits per heavy atom. The van der Waals surface area contributed by atoms with Crippen molar-refractivity contribution in [2.45, 2.75) is 39.2 Å². The van der Waals surface area contributed by atoms with Crippen LogP contribution in [0.3, 0.4) is 0 Å². The molecule has 0 unspecified atom stereocenters. The molecule has 10 nitrogen and oxygen atoms in total. The van der Waals surface area contributed by atoms with E-state index in [1.54, 1.807) is 36.3 Å². The fraction of sp³-hybridized carbons (Fsp3) is 0.407. The summed E-state index contributed by atoms with van der Waals surface area (Å²) in [5.41, 5.74) is 0.502. The van der Waals surface area contributed by atoms with Crippen molar-refractivity contribution < 1.29 is 19.0 Å². The number of methoxy groups -OCH3 is 1. The van der Waals surface area contributed by atoms with E-state index >= 15 is 0 Å². The van der Waals surface area contributed by atoms with Crippen LogP contribution in [-0.2, 0) is 0 Å². The van der Waals surface area contributed by atoms with Crippen LogP contribution < -0.4 is 24.4 Å². The van der Waals surface area contributed by atoms with Crippen molar-refractivity contribution in [3.8, 4) is 17.2 Å². The Morgan fingerprint density at radius 2 is 1.69 bits per heavy atom. The van der Waals surface area contributed by atoms with Gasteiger partial charge in [0, 0.05) is 38.1 Å². The molecule has 0 bridgehead atoms. The number of benzene rings is 1. The molecule has 12 heteroatoms. The zero-order valence-corrected chi connectivity index (χ0v) is 23.7. The monoisotopic (exact) mass is 574 g/mol. The summed E-state index contributed by atoms with van der Waals surface area (Å²) < 4.78 is 16.8. The molecule has 0 spiro atoms. The van der Waals surface area contributed by atoms with Crippen LogP contribution >= 0.6 is 23.2 Å². The van der Waals surface area contributed by atoms with Gasteiger partial charge in [-0.25, -0.2) is 14.8 Å². The van der Waals surface area contributed by atoms with Crippen LogP contribution in [0.25, 0.3) is 0 Å². The molecule has 0 radical (unpaired) electrons. The summed E-state index contributed by atoms with van der Waals surface area (Å²) in [7, 11) is 1.59. The number of aromatic nitrogens is 3. The number of piperidine rings is 1. The Bertz CT molecular complexity index is 1240. The number of hydrogen-bond donors (Lipinski definition) is 1. The average Bonchev–Trinajstić information content (AvgIpc) is 3.20. The number of likely N-dealkylation sites (tertiary alicyclic amines) is 1. The molecular weight excluding hydrogens is 543 g/mol. The summed E-state index contributed by atoms with van der Waals surface area (Å²) in [6.45, 7) is 6.45. The van der Waals surface area contributed by atoms with Crippen molar-refractivity contribution in [3.05, 3.63) is 53.0 Å². The van der Waals surface area contributed by atoms with E-state index in [1.807, 2.05) is 13.8 Å². The van der Waals surface area contributed by atoms with Crippen LogP contribution in [0.4, 0.5) is 22.1 Å². The molecule has 0 atom stereocenters. The van der Waals surface area contributed by atoms with Gasteiger partial charge in [0.2, 0.25) is 5.75 Å². The minimum atomic E-state index is -0.358. The van der Waals surface area contributed by atoms with Gasteiger partial charge >= 0.3 is 6.09 Å². The highest BCUT2D eigenvalue weighted by atomic mass is 35.5. The second-order valence-electron chi connectivity index (χ2n) is 8.64. The van der Waals surface area contributed by atoms with Crippen molar-refractivity contribution in [3.63, 3.8) is 0 Å². The quantitative estimate of drug-likeness (QED) is 0.381. The van der Waals surface area contributed by atoms with Gasteiger partial charge in [0.15, 0.2) is 11.6 Å². The number of carbonyl (C=O) groups excluding carboxylic acids is 1. The number of ether oxygens (including phenoxy) is 3. The normalized spacial score (nSPS) is 15.2. The first kappa shape index (κ1) is 28.5. The first-order valence-electron chi connectivity index (χ1n) is 12.9. The minimum absolute atomic E-state index is 0.182. The molecule has 3 aromatic rings. The summed E-state index contributed by atoms with van der Waals surface area (Å²) in [5, 5.41) is 3.94. The van der Waals surface area contributed by atoms with Crippen molar-refractivity contribution in [1.82, 2.24) is 19.9 Å². The maximum Gasteiger partial charge on any atom is 0.415 e. The predicted octanol–water partition coefficient (Wildman–Crippen LogP) is 6.21. The average molecular weight is 575 g/mol. The Labute approximate surface area is 238 Å². The van der Waals surface area contributed by atoms with E-state index in [0.29, 0.717) is 64.3 Å². The van der Waals surface area contributed by atoms with Gasteiger partial charge in [0.1, 0.15) is 17.8 Å². The standard InChI is InChI=1S/C25H26Cl2N6O4.C2H6/c1-35-17-3-5-18(6-4-17)37-25(34)32-10-7-16(8-11-32)33-9-2-12-36-22-23(29-15-30-24(22)33)31-21-19(26)13-28-14-20(21)27;1-2/h3-6,13-16H,2,7-12H2,1H3,(H,28,29,30,31);1-2H3. The van der Waals surface area contributed by atoms with Crippen LogP contribution in [0, 0.1) is 0 Å². The minimum Gasteiger partial charge on any atom is -0.497 e. The Morgan fingerprint density at radius 1 is 1.03 bits per heavy atom. The molecule has 0 aliphatic carbocycles. The molecule has 0 saturated carbocycles. The second-order valence-corrected chi connectivity index (χ2v) is 9.45. The zero-order valence-electron chi connectivity index (χ0n) is 22.2. The maximum absolute atomic E-state index is 12.7. The van der Waals surface area contributed by atoms with E-state index in [9.17, 15) is 4.79 Å². The third-order valence-electron chi connectivity index (χ3n) is 6.37. The van der Waals surface area contributed by atoms with E-state index < -0.39 is 0 Å². The fourth-order valence-corrected chi connectivity index (χ4v) is 4.94. The predicted molar refractivity (Wildman–Crippen MR) is 152 cm³/mol. The van der Waals surface area contributed by atoms with Crippen LogP contribution in [-0.4, -0.2) is 65.3 Å². The molecule has 2 aromatic heterocycles. The smallest absolute Gasteiger partial charge is 0.415 e. The number of halogens is 2. The highest BCUT2D eigenvalue weighted by molar-refractivity contribution is 6.39. The van der Waals surface area contributed by atoms with Crippen molar-refractivity contribution >= 4 is 46.6 Å². The lowest BCUT2D eigenvalue weighted by Gasteiger charge is -2.38. The highest BCUT2D eigenvalue weighted by Crippen LogP contribution is 2.40. The summed E-state index contributed by atoms with van der Waals surface area (Å²) in [5.74, 6) is 2.92. The molecule has 5 rings (SSSR count). The molecule has 2 aliphatic rings. The number of rotatable bonds is 5. The highest BCUT2D eigenvalue weighted by Gasteiger charge is 2.32. The van der Waals surface area contributed by atoms with Crippen molar-refractivity contribution in [2.24, 2.45) is 0 Å². The van der Waals surface area contributed by atoms with Gasteiger partial charge in [-0.1, -0.05) is 37.0 Å². The van der Waals surface area contributed by atoms with Gasteiger partial charge in [-0.2, -0.15) is 0 Å². The maximum atomic E-state index is 12.7. The number of carbonyl (C=O) groups is 1. The number of anilines is 3. The number of nitrogens with zero attached hydrogens (tertiary/aromatic N) is 5. The number of nitrogens with one attached hydrogen (secondary N) is 1. The van der Waals surface area contributed by atoms with E-state index in [-0.39, 0.29) is 12.1 Å². The SMILES string of the molecule is CC.COc1ccc(OC(=O)N2CCC(N3CCCOc4c(Nc5c(Cl)cncc5Cl)ncnc43)CC2)cc1. The van der Waals surface area contributed by atoms with Gasteiger partial charge in [0.25, 0.3) is 0 Å². The Hall–Kier alpha value is -3.50. The van der Waals surface area contributed by atoms with E-state index in [2.05, 4.69) is 25.2 Å². The fourth-order valence-electron chi connectivity index (χ4n) is 4.48. The topological polar surface area (TPSA) is 102 Å². The molecular formula is C27H32Cl2N6O4. The Kier molecular flexibility index (Phi) is 9.89. The van der Waals surface area contributed by atoms with Crippen LogP contribution in [0.5, 0.6) is 17.2 Å². The second kappa shape index (κ2) is 13.5. The van der Waals surface area contributed by atoms with Gasteiger partial charge < -0.3 is 29.3 Å². The summed E-state index contributed by atoms with van der Waals surface area (Å²) >= 11 is 12.6. The third kappa shape index (κ3) is 6.75. The summed E-state index contributed by atoms with van der Waals surface area (Å²) in [6, 6.07) is 7.14. The lowest BCUT2D eigenvalue weighted by Crippen LogP contribution is -2.48. The van der Waals surface area contributed by atoms with E-state index in [1.165, 1.54) is 18.7 Å². The van der Waals surface area contributed by atoms with Crippen molar-refractivity contribution in [1.29, 1.82) is 0 Å². The number of pyridine rings is 1. The molecule has 39 heavy (non-hydrogen) atoms.